The zero-order chi connectivity index (χ0) is 17.9. The molecule has 0 bridgehead atoms. The molecular weight excluding hydrogens is 326 g/mol. The molecule has 1 N–H and O–H groups in total. The molecule has 4 rings (SSSR count). The predicted octanol–water partition coefficient (Wildman–Crippen LogP) is 3.69. The maximum Gasteiger partial charge on any atom is 0.263 e. The van der Waals surface area contributed by atoms with Crippen LogP contribution in [0.4, 0.5) is 5.82 Å². The normalized spacial score (nSPS) is 12.7. The number of amides is 1. The maximum absolute atomic E-state index is 12.5. The van der Waals surface area contributed by atoms with E-state index in [4.69, 9.17) is 9.84 Å². The van der Waals surface area contributed by atoms with Gasteiger partial charge in [0.1, 0.15) is 11.6 Å². The van der Waals surface area contributed by atoms with Crippen molar-refractivity contribution in [3.05, 3.63) is 71.4 Å². The molecular formula is C21H21N3O2. The fourth-order valence-electron chi connectivity index (χ4n) is 3.23. The summed E-state index contributed by atoms with van der Waals surface area (Å²) in [5, 5.41) is 7.71. The molecule has 0 aliphatic heterocycles. The third-order valence-corrected chi connectivity index (χ3v) is 4.56. The van der Waals surface area contributed by atoms with E-state index in [1.165, 1.54) is 0 Å². The monoisotopic (exact) mass is 347 g/mol. The molecule has 0 unspecified atom stereocenters. The third kappa shape index (κ3) is 3.33. The van der Waals surface area contributed by atoms with Crippen LogP contribution in [-0.2, 0) is 17.6 Å². The van der Waals surface area contributed by atoms with Crippen LogP contribution in [-0.4, -0.2) is 22.3 Å². The van der Waals surface area contributed by atoms with Gasteiger partial charge in [-0.15, -0.1) is 0 Å². The second kappa shape index (κ2) is 7.04. The molecule has 3 aromatic rings. The van der Waals surface area contributed by atoms with Crippen molar-refractivity contribution in [2.24, 2.45) is 0 Å². The lowest BCUT2D eigenvalue weighted by molar-refractivity contribution is -0.118. The minimum atomic E-state index is -0.183. The number of carbonyl (C=O) groups excluding carboxylic acids is 1. The Morgan fingerprint density at radius 3 is 2.65 bits per heavy atom. The van der Waals surface area contributed by atoms with Crippen LogP contribution in [0.15, 0.2) is 54.6 Å². The Morgan fingerprint density at radius 2 is 1.88 bits per heavy atom. The number of rotatable bonds is 5. The minimum absolute atomic E-state index is 0.0300. The summed E-state index contributed by atoms with van der Waals surface area (Å²) in [5.74, 6) is 1.27. The van der Waals surface area contributed by atoms with Gasteiger partial charge in [-0.2, -0.15) is 5.10 Å². The van der Waals surface area contributed by atoms with Crippen molar-refractivity contribution in [1.82, 2.24) is 9.78 Å². The molecule has 0 radical (unpaired) electrons. The SMILES string of the molecule is Cc1ccc(OCC(=O)Nc2c3c(nn2-c2ccccc2)CCC3)cc1. The number of aromatic nitrogens is 2. The molecule has 1 heterocycles. The Labute approximate surface area is 152 Å². The van der Waals surface area contributed by atoms with Gasteiger partial charge in [0.25, 0.3) is 5.91 Å². The van der Waals surface area contributed by atoms with E-state index in [0.29, 0.717) is 5.75 Å². The van der Waals surface area contributed by atoms with E-state index in [1.54, 1.807) is 0 Å². The molecule has 0 spiro atoms. The average Bonchev–Trinajstić information content (AvgIpc) is 3.25. The highest BCUT2D eigenvalue weighted by Gasteiger charge is 2.24. The number of nitrogens with one attached hydrogen (secondary N) is 1. The Morgan fingerprint density at radius 1 is 1.12 bits per heavy atom. The molecule has 0 atom stereocenters. The average molecular weight is 347 g/mol. The molecule has 1 aromatic heterocycles. The number of hydrogen-bond acceptors (Lipinski definition) is 3. The summed E-state index contributed by atoms with van der Waals surface area (Å²) >= 11 is 0. The van der Waals surface area contributed by atoms with Crippen molar-refractivity contribution in [1.29, 1.82) is 0 Å². The number of ether oxygens (including phenoxy) is 1. The quantitative estimate of drug-likeness (QED) is 0.766. The highest BCUT2D eigenvalue weighted by Crippen LogP contribution is 2.30. The first-order chi connectivity index (χ1) is 12.7. The van der Waals surface area contributed by atoms with Crippen LogP contribution in [0.5, 0.6) is 5.75 Å². The van der Waals surface area contributed by atoms with Crippen molar-refractivity contribution in [3.63, 3.8) is 0 Å². The second-order valence-corrected chi connectivity index (χ2v) is 6.52. The minimum Gasteiger partial charge on any atom is -0.484 e. The lowest BCUT2D eigenvalue weighted by Crippen LogP contribution is -2.22. The largest absolute Gasteiger partial charge is 0.484 e. The van der Waals surface area contributed by atoms with E-state index in [-0.39, 0.29) is 12.5 Å². The summed E-state index contributed by atoms with van der Waals surface area (Å²) in [6.07, 6.45) is 2.98. The van der Waals surface area contributed by atoms with Crippen LogP contribution in [0.1, 0.15) is 23.2 Å². The van der Waals surface area contributed by atoms with E-state index in [0.717, 1.165) is 47.6 Å². The Balaban J connectivity index is 1.52. The van der Waals surface area contributed by atoms with Crippen molar-refractivity contribution in [3.8, 4) is 11.4 Å². The first-order valence-electron chi connectivity index (χ1n) is 8.86. The standard InChI is InChI=1S/C21H21N3O2/c1-15-10-12-17(13-11-15)26-14-20(25)22-21-18-8-5-9-19(18)23-24(21)16-6-3-2-4-7-16/h2-4,6-7,10-13H,5,8-9,14H2,1H3,(H,22,25). The summed E-state index contributed by atoms with van der Waals surface area (Å²) in [7, 11) is 0. The maximum atomic E-state index is 12.5. The fourth-order valence-corrected chi connectivity index (χ4v) is 3.23. The molecule has 26 heavy (non-hydrogen) atoms. The summed E-state index contributed by atoms with van der Waals surface area (Å²) in [6, 6.07) is 17.5. The van der Waals surface area contributed by atoms with Gasteiger partial charge in [-0.05, 0) is 50.5 Å². The molecule has 5 nitrogen and oxygen atoms in total. The van der Waals surface area contributed by atoms with Gasteiger partial charge in [-0.3, -0.25) is 4.79 Å². The van der Waals surface area contributed by atoms with Crippen molar-refractivity contribution in [2.75, 3.05) is 11.9 Å². The number of para-hydroxylation sites is 1. The number of carbonyl (C=O) groups is 1. The highest BCUT2D eigenvalue weighted by molar-refractivity contribution is 5.92. The molecule has 0 saturated carbocycles. The number of aryl methyl sites for hydroxylation is 2. The second-order valence-electron chi connectivity index (χ2n) is 6.52. The van der Waals surface area contributed by atoms with Gasteiger partial charge in [0.05, 0.1) is 11.4 Å². The fraction of sp³-hybridized carbons (Fsp3) is 0.238. The molecule has 1 amide bonds. The first kappa shape index (κ1) is 16.4. The Hall–Kier alpha value is -3.08. The number of fused-ring (bicyclic) bond motifs is 1. The van der Waals surface area contributed by atoms with Crippen molar-refractivity contribution in [2.45, 2.75) is 26.2 Å². The van der Waals surface area contributed by atoms with Gasteiger partial charge in [0.2, 0.25) is 0 Å². The van der Waals surface area contributed by atoms with Gasteiger partial charge >= 0.3 is 0 Å². The predicted molar refractivity (Wildman–Crippen MR) is 101 cm³/mol. The topological polar surface area (TPSA) is 56.1 Å². The lowest BCUT2D eigenvalue weighted by Gasteiger charge is -2.12. The van der Waals surface area contributed by atoms with Crippen molar-refractivity contribution < 1.29 is 9.53 Å². The molecule has 1 aliphatic carbocycles. The first-order valence-corrected chi connectivity index (χ1v) is 8.86. The highest BCUT2D eigenvalue weighted by atomic mass is 16.5. The van der Waals surface area contributed by atoms with E-state index in [1.807, 2.05) is 66.2 Å². The van der Waals surface area contributed by atoms with Gasteiger partial charge in [0, 0.05) is 5.56 Å². The van der Waals surface area contributed by atoms with Gasteiger partial charge in [-0.25, -0.2) is 4.68 Å². The van der Waals surface area contributed by atoms with Crippen LogP contribution < -0.4 is 10.1 Å². The van der Waals surface area contributed by atoms with Gasteiger partial charge in [0.15, 0.2) is 6.61 Å². The van der Waals surface area contributed by atoms with E-state index in [2.05, 4.69) is 5.32 Å². The van der Waals surface area contributed by atoms with Crippen LogP contribution in [0, 0.1) is 6.92 Å². The summed E-state index contributed by atoms with van der Waals surface area (Å²) in [4.78, 5) is 12.5. The lowest BCUT2D eigenvalue weighted by atomic mass is 10.2. The Bertz CT molecular complexity index is 914. The molecule has 0 fully saturated rings. The van der Waals surface area contributed by atoms with Crippen LogP contribution in [0.2, 0.25) is 0 Å². The van der Waals surface area contributed by atoms with Crippen LogP contribution in [0.25, 0.3) is 5.69 Å². The smallest absolute Gasteiger partial charge is 0.263 e. The van der Waals surface area contributed by atoms with Crippen LogP contribution in [0.3, 0.4) is 0 Å². The Kier molecular flexibility index (Phi) is 4.44. The molecule has 132 valence electrons. The molecule has 1 aliphatic rings. The number of anilines is 1. The molecule has 2 aromatic carbocycles. The molecule has 5 heteroatoms. The molecule has 0 saturated heterocycles. The van der Waals surface area contributed by atoms with Crippen LogP contribution >= 0.6 is 0 Å². The number of benzene rings is 2. The summed E-state index contributed by atoms with van der Waals surface area (Å²) in [5.41, 5.74) is 4.31. The number of nitrogens with zero attached hydrogens (tertiary/aromatic N) is 2. The number of hydrogen-bond donors (Lipinski definition) is 1. The van der Waals surface area contributed by atoms with Gasteiger partial charge in [-0.1, -0.05) is 35.9 Å². The summed E-state index contributed by atoms with van der Waals surface area (Å²) < 4.78 is 7.42. The van der Waals surface area contributed by atoms with E-state index >= 15 is 0 Å². The van der Waals surface area contributed by atoms with Crippen molar-refractivity contribution >= 4 is 11.7 Å². The third-order valence-electron chi connectivity index (χ3n) is 4.56. The van der Waals surface area contributed by atoms with E-state index < -0.39 is 0 Å². The summed E-state index contributed by atoms with van der Waals surface area (Å²) in [6.45, 7) is 1.99. The van der Waals surface area contributed by atoms with Gasteiger partial charge < -0.3 is 10.1 Å². The zero-order valence-electron chi connectivity index (χ0n) is 14.7. The zero-order valence-corrected chi connectivity index (χ0v) is 14.7. The van der Waals surface area contributed by atoms with E-state index in [9.17, 15) is 4.79 Å².